The Morgan fingerprint density at radius 2 is 1.88 bits per heavy atom. The van der Waals surface area contributed by atoms with Crippen LogP contribution in [0.5, 0.6) is 0 Å². The van der Waals surface area contributed by atoms with Crippen LogP contribution in [0.3, 0.4) is 0 Å². The van der Waals surface area contributed by atoms with Crippen molar-refractivity contribution in [1.29, 1.82) is 0 Å². The summed E-state index contributed by atoms with van der Waals surface area (Å²) in [6.07, 6.45) is 4.88. The van der Waals surface area contributed by atoms with Gasteiger partial charge in [0, 0.05) is 46.2 Å². The Morgan fingerprint density at radius 1 is 1.12 bits per heavy atom. The standard InChI is InChI=1S/C22H32N8O.HI/c1-17-26-18-9-3-4-10-19(18)28(17)15-7-12-24-21(23-2)25-13-8-16-30-22(31)29-14-6-5-11-20(29)27-30;/h3-4,9-10H,5-8,11-16H2,1-2H3,(H2,23,24,25);1H. The van der Waals surface area contributed by atoms with Crippen LogP contribution >= 0.6 is 24.0 Å². The van der Waals surface area contributed by atoms with Crippen LogP contribution < -0.4 is 16.3 Å². The fourth-order valence-corrected chi connectivity index (χ4v) is 4.17. The molecule has 1 aromatic carbocycles. The Balaban J connectivity index is 0.00000289. The topological polar surface area (TPSA) is 94.1 Å². The number of hydrogen-bond acceptors (Lipinski definition) is 4. The summed E-state index contributed by atoms with van der Waals surface area (Å²) in [5.74, 6) is 2.76. The molecule has 0 saturated carbocycles. The van der Waals surface area contributed by atoms with Crippen molar-refractivity contribution < 1.29 is 0 Å². The largest absolute Gasteiger partial charge is 0.356 e. The number of imidazole rings is 1. The average molecular weight is 552 g/mol. The molecule has 9 nitrogen and oxygen atoms in total. The molecule has 0 amide bonds. The Kier molecular flexibility index (Phi) is 8.71. The zero-order valence-electron chi connectivity index (χ0n) is 18.9. The van der Waals surface area contributed by atoms with Gasteiger partial charge in [-0.1, -0.05) is 12.1 Å². The molecule has 1 aliphatic rings. The molecular weight excluding hydrogens is 519 g/mol. The molecule has 0 unspecified atom stereocenters. The first-order valence-corrected chi connectivity index (χ1v) is 11.2. The van der Waals surface area contributed by atoms with Crippen molar-refractivity contribution in [2.75, 3.05) is 20.1 Å². The van der Waals surface area contributed by atoms with Gasteiger partial charge >= 0.3 is 5.69 Å². The Labute approximate surface area is 205 Å². The fraction of sp³-hybridized carbons (Fsp3) is 0.545. The lowest BCUT2D eigenvalue weighted by Gasteiger charge is -2.12. The number of rotatable bonds is 8. The summed E-state index contributed by atoms with van der Waals surface area (Å²) in [5.41, 5.74) is 2.25. The SMILES string of the molecule is CN=C(NCCCn1nc2n(c1=O)CCCC2)NCCCn1c(C)nc2ccccc21.I. The molecule has 3 heterocycles. The number of nitrogens with one attached hydrogen (secondary N) is 2. The maximum absolute atomic E-state index is 12.4. The molecule has 1 aliphatic heterocycles. The number of nitrogens with zero attached hydrogens (tertiary/aromatic N) is 6. The van der Waals surface area contributed by atoms with Gasteiger partial charge in [-0.3, -0.25) is 9.56 Å². The van der Waals surface area contributed by atoms with Crippen LogP contribution in [0.25, 0.3) is 11.0 Å². The van der Waals surface area contributed by atoms with Gasteiger partial charge in [0.15, 0.2) is 5.96 Å². The van der Waals surface area contributed by atoms with Crippen molar-refractivity contribution in [3.8, 4) is 0 Å². The van der Waals surface area contributed by atoms with Gasteiger partial charge in [-0.25, -0.2) is 14.5 Å². The van der Waals surface area contributed by atoms with Gasteiger partial charge in [-0.2, -0.15) is 5.10 Å². The lowest BCUT2D eigenvalue weighted by atomic mass is 10.2. The molecule has 32 heavy (non-hydrogen) atoms. The second-order valence-corrected chi connectivity index (χ2v) is 7.96. The summed E-state index contributed by atoms with van der Waals surface area (Å²) in [6.45, 7) is 5.94. The van der Waals surface area contributed by atoms with Gasteiger partial charge in [0.05, 0.1) is 11.0 Å². The quantitative estimate of drug-likeness (QED) is 0.194. The number of aromatic nitrogens is 5. The van der Waals surface area contributed by atoms with E-state index < -0.39 is 0 Å². The Morgan fingerprint density at radius 3 is 2.62 bits per heavy atom. The molecule has 174 valence electrons. The molecule has 10 heteroatoms. The van der Waals surface area contributed by atoms with Crippen LogP contribution in [0.4, 0.5) is 0 Å². The minimum absolute atomic E-state index is 0. The first-order valence-electron chi connectivity index (χ1n) is 11.2. The molecular formula is C22H33IN8O. The predicted octanol–water partition coefficient (Wildman–Crippen LogP) is 2.30. The molecule has 2 aromatic heterocycles. The summed E-state index contributed by atoms with van der Waals surface area (Å²) in [4.78, 5) is 21.3. The van der Waals surface area contributed by atoms with Crippen molar-refractivity contribution in [1.82, 2.24) is 34.5 Å². The third-order valence-corrected chi connectivity index (χ3v) is 5.79. The van der Waals surface area contributed by atoms with Crippen LogP contribution in [0, 0.1) is 6.92 Å². The highest BCUT2D eigenvalue weighted by Crippen LogP contribution is 2.15. The van der Waals surface area contributed by atoms with E-state index in [-0.39, 0.29) is 29.7 Å². The summed E-state index contributed by atoms with van der Waals surface area (Å²) >= 11 is 0. The van der Waals surface area contributed by atoms with E-state index in [1.54, 1.807) is 11.7 Å². The van der Waals surface area contributed by atoms with Gasteiger partial charge in [-0.15, -0.1) is 24.0 Å². The van der Waals surface area contributed by atoms with Gasteiger partial charge in [0.2, 0.25) is 0 Å². The summed E-state index contributed by atoms with van der Waals surface area (Å²) in [7, 11) is 1.77. The second-order valence-electron chi connectivity index (χ2n) is 7.96. The molecule has 0 fully saturated rings. The highest BCUT2D eigenvalue weighted by Gasteiger charge is 2.16. The zero-order valence-corrected chi connectivity index (χ0v) is 21.2. The summed E-state index contributed by atoms with van der Waals surface area (Å²) in [5, 5.41) is 11.2. The number of aryl methyl sites for hydroxylation is 4. The number of fused-ring (bicyclic) bond motifs is 2. The van der Waals surface area contributed by atoms with E-state index in [1.807, 2.05) is 10.6 Å². The third kappa shape index (κ3) is 5.51. The van der Waals surface area contributed by atoms with E-state index >= 15 is 0 Å². The normalized spacial score (nSPS) is 13.6. The average Bonchev–Trinajstić information content (AvgIpc) is 3.28. The lowest BCUT2D eigenvalue weighted by Crippen LogP contribution is -2.39. The number of hydrogen-bond donors (Lipinski definition) is 2. The Bertz CT molecular complexity index is 1110. The van der Waals surface area contributed by atoms with Crippen molar-refractivity contribution in [2.24, 2.45) is 4.99 Å². The molecule has 0 bridgehead atoms. The molecule has 4 rings (SSSR count). The van der Waals surface area contributed by atoms with Gasteiger partial charge in [0.1, 0.15) is 11.6 Å². The van der Waals surface area contributed by atoms with Crippen LogP contribution in [0.15, 0.2) is 34.1 Å². The number of halogens is 1. The van der Waals surface area contributed by atoms with E-state index in [2.05, 4.69) is 55.4 Å². The zero-order chi connectivity index (χ0) is 21.6. The highest BCUT2D eigenvalue weighted by molar-refractivity contribution is 14.0. The maximum Gasteiger partial charge on any atom is 0.345 e. The van der Waals surface area contributed by atoms with Crippen molar-refractivity contribution in [3.05, 3.63) is 46.4 Å². The molecule has 0 aliphatic carbocycles. The molecule has 0 spiro atoms. The lowest BCUT2D eigenvalue weighted by molar-refractivity contribution is 0.509. The first-order chi connectivity index (χ1) is 15.2. The van der Waals surface area contributed by atoms with Gasteiger partial charge in [0.25, 0.3) is 0 Å². The van der Waals surface area contributed by atoms with E-state index in [1.165, 1.54) is 5.52 Å². The van der Waals surface area contributed by atoms with E-state index in [9.17, 15) is 4.79 Å². The monoisotopic (exact) mass is 552 g/mol. The maximum atomic E-state index is 12.4. The van der Waals surface area contributed by atoms with Crippen LogP contribution in [0.1, 0.15) is 37.3 Å². The smallest absolute Gasteiger partial charge is 0.345 e. The van der Waals surface area contributed by atoms with Crippen LogP contribution in [0.2, 0.25) is 0 Å². The van der Waals surface area contributed by atoms with Gasteiger partial charge < -0.3 is 15.2 Å². The minimum atomic E-state index is 0. The predicted molar refractivity (Wildman–Crippen MR) is 138 cm³/mol. The number of guanidine groups is 1. The van der Waals surface area contributed by atoms with E-state index in [4.69, 9.17) is 0 Å². The summed E-state index contributed by atoms with van der Waals surface area (Å²) < 4.78 is 5.69. The van der Waals surface area contributed by atoms with Crippen LogP contribution in [-0.4, -0.2) is 50.0 Å². The molecule has 2 N–H and O–H groups in total. The molecule has 0 atom stereocenters. The van der Waals surface area contributed by atoms with E-state index in [0.29, 0.717) is 6.54 Å². The van der Waals surface area contributed by atoms with Crippen molar-refractivity contribution >= 4 is 41.0 Å². The highest BCUT2D eigenvalue weighted by atomic mass is 127. The first kappa shape index (κ1) is 24.3. The molecule has 0 saturated heterocycles. The van der Waals surface area contributed by atoms with Crippen LogP contribution in [-0.2, 0) is 26.1 Å². The number of para-hydroxylation sites is 2. The number of aliphatic imine (C=N–C) groups is 1. The van der Waals surface area contributed by atoms with Crippen molar-refractivity contribution in [2.45, 2.75) is 58.7 Å². The van der Waals surface area contributed by atoms with E-state index in [0.717, 1.165) is 81.4 Å². The minimum Gasteiger partial charge on any atom is -0.356 e. The fourth-order valence-electron chi connectivity index (χ4n) is 4.17. The second kappa shape index (κ2) is 11.5. The molecule has 0 radical (unpaired) electrons. The van der Waals surface area contributed by atoms with Gasteiger partial charge in [-0.05, 0) is 44.7 Å². The molecule has 3 aromatic rings. The Hall–Kier alpha value is -2.37. The summed E-state index contributed by atoms with van der Waals surface area (Å²) in [6, 6.07) is 8.24. The number of benzene rings is 1. The third-order valence-electron chi connectivity index (χ3n) is 5.79. The van der Waals surface area contributed by atoms with Crippen molar-refractivity contribution in [3.63, 3.8) is 0 Å².